The number of anilines is 1. The van der Waals surface area contributed by atoms with Gasteiger partial charge in [-0.3, -0.25) is 4.79 Å². The first kappa shape index (κ1) is 19.8. The lowest BCUT2D eigenvalue weighted by atomic mass is 10.0. The summed E-state index contributed by atoms with van der Waals surface area (Å²) in [5.74, 6) is 0. The molecule has 0 amide bonds. The van der Waals surface area contributed by atoms with Crippen molar-refractivity contribution in [2.75, 3.05) is 11.9 Å². The molecule has 8 nitrogen and oxygen atoms in total. The van der Waals surface area contributed by atoms with E-state index in [1.807, 2.05) is 13.0 Å². The summed E-state index contributed by atoms with van der Waals surface area (Å²) in [6.45, 7) is 1.08. The highest BCUT2D eigenvalue weighted by molar-refractivity contribution is 5.90. The van der Waals surface area contributed by atoms with E-state index in [0.717, 1.165) is 10.9 Å². The van der Waals surface area contributed by atoms with Crippen molar-refractivity contribution in [2.45, 2.75) is 31.3 Å². The van der Waals surface area contributed by atoms with Crippen molar-refractivity contribution in [3.05, 3.63) is 46.3 Å². The first-order valence-electron chi connectivity index (χ1n) is 8.08. The zero-order valence-electron chi connectivity index (χ0n) is 14.2. The molecule has 1 aromatic heterocycles. The molecule has 0 aliphatic rings. The Bertz CT molecular complexity index is 847. The second kappa shape index (κ2) is 8.72. The minimum absolute atomic E-state index is 0.281. The standard InChI is InChI=1S/C18H22N2O6/c1-2-3-10-6-16(24)20-13-7-11(4-5-12(10)13)19-14(8-21)17(25)18(26)15(23)9-22/h2-8,14-15,17-19,22-23,25-26H,9H2,1H3,(H,20,24)/b3-2-/t14-,15+,17+,18+/m0/s1. The summed E-state index contributed by atoms with van der Waals surface area (Å²) in [5, 5.41) is 41.6. The number of fused-ring (bicyclic) bond motifs is 1. The second-order valence-electron chi connectivity index (χ2n) is 5.89. The van der Waals surface area contributed by atoms with Crippen molar-refractivity contribution in [3.8, 4) is 0 Å². The fraction of sp³-hybridized carbons (Fsp3) is 0.333. The third-order valence-corrected chi connectivity index (χ3v) is 4.00. The third kappa shape index (κ3) is 4.36. The quantitative estimate of drug-likeness (QED) is 0.351. The Labute approximate surface area is 149 Å². The first-order valence-corrected chi connectivity index (χ1v) is 8.08. The number of allylic oxidation sites excluding steroid dienone is 1. The molecule has 2 rings (SSSR count). The lowest BCUT2D eigenvalue weighted by Gasteiger charge is -2.26. The number of aromatic amines is 1. The predicted molar refractivity (Wildman–Crippen MR) is 97.9 cm³/mol. The van der Waals surface area contributed by atoms with Crippen LogP contribution in [-0.2, 0) is 4.79 Å². The molecule has 8 heteroatoms. The maximum absolute atomic E-state index is 11.8. The summed E-state index contributed by atoms with van der Waals surface area (Å²) in [6, 6.07) is 5.25. The van der Waals surface area contributed by atoms with Gasteiger partial charge in [-0.05, 0) is 24.6 Å². The Morgan fingerprint density at radius 2 is 1.92 bits per heavy atom. The Morgan fingerprint density at radius 1 is 1.19 bits per heavy atom. The average molecular weight is 362 g/mol. The van der Waals surface area contributed by atoms with Gasteiger partial charge in [-0.25, -0.2) is 0 Å². The Morgan fingerprint density at radius 3 is 2.54 bits per heavy atom. The Kier molecular flexibility index (Phi) is 6.64. The molecular formula is C18H22N2O6. The average Bonchev–Trinajstić information content (AvgIpc) is 2.64. The van der Waals surface area contributed by atoms with Crippen LogP contribution in [0, 0.1) is 0 Å². The number of hydrogen-bond acceptors (Lipinski definition) is 7. The lowest BCUT2D eigenvalue weighted by Crippen LogP contribution is -2.49. The molecule has 0 spiro atoms. The van der Waals surface area contributed by atoms with E-state index >= 15 is 0 Å². The molecule has 0 radical (unpaired) electrons. The highest BCUT2D eigenvalue weighted by atomic mass is 16.4. The number of aliphatic hydroxyl groups excluding tert-OH is 4. The van der Waals surface area contributed by atoms with E-state index in [9.17, 15) is 24.9 Å². The van der Waals surface area contributed by atoms with Crippen molar-refractivity contribution in [3.63, 3.8) is 0 Å². The van der Waals surface area contributed by atoms with Crippen LogP contribution in [0.25, 0.3) is 17.0 Å². The molecular weight excluding hydrogens is 340 g/mol. The maximum Gasteiger partial charge on any atom is 0.249 e. The van der Waals surface area contributed by atoms with Crippen molar-refractivity contribution in [2.24, 2.45) is 0 Å². The van der Waals surface area contributed by atoms with Crippen LogP contribution in [0.15, 0.2) is 35.1 Å². The van der Waals surface area contributed by atoms with E-state index in [0.29, 0.717) is 17.5 Å². The largest absolute Gasteiger partial charge is 0.394 e. The number of aliphatic hydroxyl groups is 4. The summed E-state index contributed by atoms with van der Waals surface area (Å²) in [6.07, 6.45) is -0.919. The summed E-state index contributed by atoms with van der Waals surface area (Å²) in [5.41, 5.74) is 1.42. The van der Waals surface area contributed by atoms with E-state index < -0.39 is 31.0 Å². The number of carbonyl (C=O) groups is 1. The van der Waals surface area contributed by atoms with Crippen molar-refractivity contribution >= 4 is 29.0 Å². The van der Waals surface area contributed by atoms with Gasteiger partial charge in [0.1, 0.15) is 30.6 Å². The number of aromatic nitrogens is 1. The number of pyridine rings is 1. The van der Waals surface area contributed by atoms with Gasteiger partial charge in [-0.1, -0.05) is 18.2 Å². The van der Waals surface area contributed by atoms with Crippen LogP contribution in [0.5, 0.6) is 0 Å². The zero-order chi connectivity index (χ0) is 19.3. The molecule has 4 atom stereocenters. The fourth-order valence-corrected chi connectivity index (χ4v) is 2.63. The normalized spacial score (nSPS) is 16.3. The van der Waals surface area contributed by atoms with E-state index in [1.54, 1.807) is 24.3 Å². The van der Waals surface area contributed by atoms with Gasteiger partial charge in [0.25, 0.3) is 0 Å². The lowest BCUT2D eigenvalue weighted by molar-refractivity contribution is -0.117. The van der Waals surface area contributed by atoms with Gasteiger partial charge in [0, 0.05) is 17.1 Å². The number of carbonyl (C=O) groups excluding carboxylic acids is 1. The van der Waals surface area contributed by atoms with Crippen molar-refractivity contribution in [1.29, 1.82) is 0 Å². The minimum atomic E-state index is -1.70. The second-order valence-corrected chi connectivity index (χ2v) is 5.89. The topological polar surface area (TPSA) is 143 Å². The highest BCUT2D eigenvalue weighted by Gasteiger charge is 2.31. The molecule has 0 aliphatic heterocycles. The molecule has 26 heavy (non-hydrogen) atoms. The van der Waals surface area contributed by atoms with Crippen LogP contribution in [-0.4, -0.2) is 62.7 Å². The summed E-state index contributed by atoms with van der Waals surface area (Å²) in [7, 11) is 0. The van der Waals surface area contributed by atoms with Gasteiger partial charge < -0.3 is 35.5 Å². The first-order chi connectivity index (χ1) is 12.4. The molecule has 0 fully saturated rings. The molecule has 0 bridgehead atoms. The van der Waals surface area contributed by atoms with Crippen LogP contribution in [0.1, 0.15) is 12.5 Å². The van der Waals surface area contributed by atoms with Gasteiger partial charge in [-0.15, -0.1) is 0 Å². The molecule has 1 aromatic carbocycles. The number of H-pyrrole nitrogens is 1. The van der Waals surface area contributed by atoms with Crippen LogP contribution < -0.4 is 10.9 Å². The number of benzene rings is 1. The van der Waals surface area contributed by atoms with Crippen LogP contribution >= 0.6 is 0 Å². The monoisotopic (exact) mass is 362 g/mol. The maximum atomic E-state index is 11.8. The minimum Gasteiger partial charge on any atom is -0.394 e. The van der Waals surface area contributed by atoms with Gasteiger partial charge in [0.15, 0.2) is 0 Å². The molecule has 0 aliphatic carbocycles. The predicted octanol–water partition coefficient (Wildman–Crippen LogP) is -0.384. The summed E-state index contributed by atoms with van der Waals surface area (Å²) < 4.78 is 0. The van der Waals surface area contributed by atoms with E-state index in [1.165, 1.54) is 6.07 Å². The molecule has 0 unspecified atom stereocenters. The Hall–Kier alpha value is -2.52. The molecule has 0 saturated heterocycles. The van der Waals surface area contributed by atoms with Gasteiger partial charge in [0.05, 0.1) is 12.1 Å². The van der Waals surface area contributed by atoms with Crippen molar-refractivity contribution < 1.29 is 25.2 Å². The van der Waals surface area contributed by atoms with E-state index in [-0.39, 0.29) is 5.56 Å². The van der Waals surface area contributed by atoms with Gasteiger partial charge in [-0.2, -0.15) is 0 Å². The van der Waals surface area contributed by atoms with E-state index in [4.69, 9.17) is 5.11 Å². The fourth-order valence-electron chi connectivity index (χ4n) is 2.63. The zero-order valence-corrected chi connectivity index (χ0v) is 14.2. The number of hydrogen-bond donors (Lipinski definition) is 6. The molecule has 1 heterocycles. The molecule has 140 valence electrons. The number of rotatable bonds is 8. The van der Waals surface area contributed by atoms with E-state index in [2.05, 4.69) is 10.3 Å². The Balaban J connectivity index is 2.32. The molecule has 0 saturated carbocycles. The summed E-state index contributed by atoms with van der Waals surface area (Å²) in [4.78, 5) is 25.8. The number of nitrogens with one attached hydrogen (secondary N) is 2. The SMILES string of the molecule is C/C=C\c1cc(=O)[nH]c2cc(N[C@@H](C=O)[C@@H](O)[C@H](O)[C@H](O)CO)ccc12. The smallest absolute Gasteiger partial charge is 0.249 e. The molecule has 6 N–H and O–H groups in total. The van der Waals surface area contributed by atoms with Gasteiger partial charge >= 0.3 is 0 Å². The van der Waals surface area contributed by atoms with Crippen LogP contribution in [0.4, 0.5) is 5.69 Å². The van der Waals surface area contributed by atoms with Crippen molar-refractivity contribution in [1.82, 2.24) is 4.98 Å². The summed E-state index contributed by atoms with van der Waals surface area (Å²) >= 11 is 0. The van der Waals surface area contributed by atoms with Crippen LogP contribution in [0.3, 0.4) is 0 Å². The van der Waals surface area contributed by atoms with Gasteiger partial charge in [0.2, 0.25) is 5.56 Å². The van der Waals surface area contributed by atoms with Crippen LogP contribution in [0.2, 0.25) is 0 Å². The number of aldehydes is 1. The third-order valence-electron chi connectivity index (χ3n) is 4.00. The molecule has 2 aromatic rings. The highest BCUT2D eigenvalue weighted by Crippen LogP contribution is 2.21.